The van der Waals surface area contributed by atoms with Gasteiger partial charge < -0.3 is 0 Å². The first-order valence-corrected chi connectivity index (χ1v) is 9.03. The molecule has 0 aromatic heterocycles. The molecule has 1 aliphatic rings. The summed E-state index contributed by atoms with van der Waals surface area (Å²) in [6.07, 6.45) is 0.886. The van der Waals surface area contributed by atoms with E-state index in [1.807, 2.05) is 54.4 Å². The summed E-state index contributed by atoms with van der Waals surface area (Å²) in [4.78, 5) is 12.4. The monoisotopic (exact) mass is 384 g/mol. The van der Waals surface area contributed by atoms with E-state index in [-0.39, 0.29) is 17.6 Å². The third-order valence-corrected chi connectivity index (χ3v) is 4.93. The smallest absolute Gasteiger partial charge is 0.181 e. The van der Waals surface area contributed by atoms with Crippen molar-refractivity contribution in [3.8, 4) is 0 Å². The number of Topliss-reactive ketones (excluding diaryl/α,β-unsaturated/α-hetero) is 1. The number of benzene rings is 2. The lowest BCUT2D eigenvalue weighted by molar-refractivity contribution is -0.115. The number of hydrogen-bond donors (Lipinski definition) is 0. The first-order chi connectivity index (χ1) is 11.5. The second-order valence-electron chi connectivity index (χ2n) is 6.41. The molecule has 4 heteroatoms. The van der Waals surface area contributed by atoms with Crippen molar-refractivity contribution < 1.29 is 4.79 Å². The predicted molar refractivity (Wildman–Crippen MR) is 102 cm³/mol. The maximum Gasteiger partial charge on any atom is 0.181 e. The minimum absolute atomic E-state index is 0.0715. The molecule has 2 unspecified atom stereocenters. The van der Waals surface area contributed by atoms with E-state index in [1.54, 1.807) is 0 Å². The maximum atomic E-state index is 12.4. The first-order valence-electron chi connectivity index (χ1n) is 8.24. The fourth-order valence-corrected chi connectivity index (χ4v) is 3.34. The second kappa shape index (κ2) is 7.31. The van der Waals surface area contributed by atoms with Crippen molar-refractivity contribution in [1.29, 1.82) is 0 Å². The highest BCUT2D eigenvalue weighted by molar-refractivity contribution is 9.10. The van der Waals surface area contributed by atoms with Gasteiger partial charge in [-0.3, -0.25) is 9.80 Å². The molecular weight excluding hydrogens is 364 g/mol. The van der Waals surface area contributed by atoms with Crippen LogP contribution in [-0.2, 0) is 11.3 Å². The van der Waals surface area contributed by atoms with Crippen LogP contribution in [0.1, 0.15) is 25.8 Å². The average Bonchev–Trinajstić information content (AvgIpc) is 2.82. The summed E-state index contributed by atoms with van der Waals surface area (Å²) in [5, 5.41) is 6.70. The van der Waals surface area contributed by atoms with Crippen LogP contribution in [0.4, 0.5) is 5.69 Å². The molecule has 2 atom stereocenters. The zero-order valence-corrected chi connectivity index (χ0v) is 15.5. The van der Waals surface area contributed by atoms with Crippen molar-refractivity contribution in [3.63, 3.8) is 0 Å². The summed E-state index contributed by atoms with van der Waals surface area (Å²) in [5.41, 5.74) is 2.84. The van der Waals surface area contributed by atoms with E-state index < -0.39 is 0 Å². The summed E-state index contributed by atoms with van der Waals surface area (Å²) in [6, 6.07) is 18.2. The molecule has 24 heavy (non-hydrogen) atoms. The molecule has 3 nitrogen and oxygen atoms in total. The zero-order valence-electron chi connectivity index (χ0n) is 13.9. The highest BCUT2D eigenvalue weighted by Gasteiger charge is 2.34. The number of rotatable bonds is 4. The van der Waals surface area contributed by atoms with Gasteiger partial charge in [0, 0.05) is 16.3 Å². The van der Waals surface area contributed by atoms with E-state index in [0.717, 1.165) is 22.1 Å². The quantitative estimate of drug-likeness (QED) is 0.690. The third-order valence-electron chi connectivity index (χ3n) is 4.40. The van der Waals surface area contributed by atoms with Crippen molar-refractivity contribution in [1.82, 2.24) is 0 Å². The van der Waals surface area contributed by atoms with Gasteiger partial charge in [0.1, 0.15) is 5.71 Å². The Morgan fingerprint density at radius 1 is 1.04 bits per heavy atom. The molecular formula is C20H21BrN2O. The molecule has 2 aromatic carbocycles. The van der Waals surface area contributed by atoms with E-state index in [9.17, 15) is 4.79 Å². The number of carbonyl (C=O) groups excluding carboxylic acids is 1. The minimum atomic E-state index is 0.0715. The van der Waals surface area contributed by atoms with Crippen LogP contribution in [0, 0.1) is 11.8 Å². The van der Waals surface area contributed by atoms with Gasteiger partial charge >= 0.3 is 0 Å². The lowest BCUT2D eigenvalue weighted by Crippen LogP contribution is -2.23. The van der Waals surface area contributed by atoms with Gasteiger partial charge in [-0.2, -0.15) is 5.10 Å². The summed E-state index contributed by atoms with van der Waals surface area (Å²) < 4.78 is 1.03. The highest BCUT2D eigenvalue weighted by Crippen LogP contribution is 2.27. The molecule has 0 heterocycles. The van der Waals surface area contributed by atoms with E-state index in [4.69, 9.17) is 5.10 Å². The Morgan fingerprint density at radius 2 is 1.71 bits per heavy atom. The number of hydrazone groups is 1. The molecule has 0 bridgehead atoms. The molecule has 1 fully saturated rings. The molecule has 0 saturated heterocycles. The van der Waals surface area contributed by atoms with E-state index >= 15 is 0 Å². The lowest BCUT2D eigenvalue weighted by atomic mass is 10.1. The molecule has 1 saturated carbocycles. The van der Waals surface area contributed by atoms with E-state index in [0.29, 0.717) is 12.3 Å². The second-order valence-corrected chi connectivity index (χ2v) is 7.32. The minimum Gasteiger partial charge on any atom is -0.292 e. The van der Waals surface area contributed by atoms with Crippen molar-refractivity contribution in [3.05, 3.63) is 64.6 Å². The van der Waals surface area contributed by atoms with Crippen LogP contribution in [0.5, 0.6) is 0 Å². The Labute approximate surface area is 151 Å². The van der Waals surface area contributed by atoms with Gasteiger partial charge in [-0.05, 0) is 36.2 Å². The molecule has 124 valence electrons. The van der Waals surface area contributed by atoms with Gasteiger partial charge in [-0.15, -0.1) is 0 Å². The van der Waals surface area contributed by atoms with Gasteiger partial charge in [0.05, 0.1) is 12.2 Å². The van der Waals surface area contributed by atoms with Crippen molar-refractivity contribution >= 4 is 33.1 Å². The predicted octanol–water partition coefficient (Wildman–Crippen LogP) is 5.06. The van der Waals surface area contributed by atoms with Crippen LogP contribution in [0.25, 0.3) is 0 Å². The van der Waals surface area contributed by atoms with Gasteiger partial charge in [0.25, 0.3) is 0 Å². The molecule has 0 amide bonds. The van der Waals surface area contributed by atoms with Gasteiger partial charge in [-0.25, -0.2) is 0 Å². The van der Waals surface area contributed by atoms with E-state index in [2.05, 4.69) is 35.0 Å². The van der Waals surface area contributed by atoms with Crippen LogP contribution in [-0.4, -0.2) is 11.5 Å². The van der Waals surface area contributed by atoms with Gasteiger partial charge in [0.2, 0.25) is 0 Å². The fraction of sp³-hybridized carbons (Fsp3) is 0.300. The summed E-state index contributed by atoms with van der Waals surface area (Å²) >= 11 is 3.47. The number of nitrogens with zero attached hydrogens (tertiary/aromatic N) is 2. The van der Waals surface area contributed by atoms with Crippen molar-refractivity contribution in [2.45, 2.75) is 26.8 Å². The zero-order chi connectivity index (χ0) is 17.1. The van der Waals surface area contributed by atoms with Crippen molar-refractivity contribution in [2.75, 3.05) is 5.01 Å². The Kier molecular flexibility index (Phi) is 5.14. The SMILES string of the molecule is CC1CC(C)/C(=N\N(Cc2ccccc2)c2ccc(Br)cc2)C1=O. The fourth-order valence-electron chi connectivity index (χ4n) is 3.08. The van der Waals surface area contributed by atoms with Gasteiger partial charge in [0.15, 0.2) is 5.78 Å². The first kappa shape index (κ1) is 16.9. The third kappa shape index (κ3) is 3.75. The van der Waals surface area contributed by atoms with Crippen LogP contribution in [0.2, 0.25) is 0 Å². The van der Waals surface area contributed by atoms with Crippen LogP contribution in [0.15, 0.2) is 64.2 Å². The Bertz CT molecular complexity index is 740. The van der Waals surface area contributed by atoms with Crippen LogP contribution in [0.3, 0.4) is 0 Å². The number of halogens is 1. The molecule has 0 radical (unpaired) electrons. The molecule has 0 N–H and O–H groups in total. The number of carbonyl (C=O) groups is 1. The lowest BCUT2D eigenvalue weighted by Gasteiger charge is -2.21. The molecule has 2 aromatic rings. The number of anilines is 1. The maximum absolute atomic E-state index is 12.4. The number of ketones is 1. The Balaban J connectivity index is 1.95. The van der Waals surface area contributed by atoms with Crippen molar-refractivity contribution in [2.24, 2.45) is 16.9 Å². The number of hydrogen-bond acceptors (Lipinski definition) is 3. The molecule has 3 rings (SSSR count). The summed E-state index contributed by atoms with van der Waals surface area (Å²) in [6.45, 7) is 4.71. The molecule has 1 aliphatic carbocycles. The molecule has 0 aliphatic heterocycles. The van der Waals surface area contributed by atoms with Crippen LogP contribution >= 0.6 is 15.9 Å². The van der Waals surface area contributed by atoms with E-state index in [1.165, 1.54) is 0 Å². The normalized spacial score (nSPS) is 22.1. The summed E-state index contributed by atoms with van der Waals surface area (Å²) in [5.74, 6) is 0.459. The average molecular weight is 385 g/mol. The summed E-state index contributed by atoms with van der Waals surface area (Å²) in [7, 11) is 0. The van der Waals surface area contributed by atoms with Gasteiger partial charge in [-0.1, -0.05) is 60.1 Å². The molecule has 0 spiro atoms. The Hall–Kier alpha value is -1.94. The Morgan fingerprint density at radius 3 is 2.29 bits per heavy atom. The largest absolute Gasteiger partial charge is 0.292 e. The van der Waals surface area contributed by atoms with Crippen LogP contribution < -0.4 is 5.01 Å². The standard InChI is InChI=1S/C20H21BrN2O/c1-14-12-15(2)20(24)19(14)22-23(13-16-6-4-3-5-7-16)18-10-8-17(21)9-11-18/h3-11,14-15H,12-13H2,1-2H3/b22-19+. The highest BCUT2D eigenvalue weighted by atomic mass is 79.9. The topological polar surface area (TPSA) is 32.7 Å².